The van der Waals surface area contributed by atoms with E-state index in [1.54, 1.807) is 24.6 Å². The number of nitrogens with one attached hydrogen (secondary N) is 2. The number of alkyl halides is 3. The summed E-state index contributed by atoms with van der Waals surface area (Å²) in [4.78, 5) is 32.1. The van der Waals surface area contributed by atoms with Gasteiger partial charge in [-0.3, -0.25) is 4.79 Å². The van der Waals surface area contributed by atoms with Gasteiger partial charge in [0.2, 0.25) is 0 Å². The molecule has 1 aromatic carbocycles. The summed E-state index contributed by atoms with van der Waals surface area (Å²) in [5.74, 6) is 0.0833. The summed E-state index contributed by atoms with van der Waals surface area (Å²) < 4.78 is 45.8. The molecule has 0 fully saturated rings. The zero-order valence-corrected chi connectivity index (χ0v) is 17.2. The number of nitrogens with zero attached hydrogens (tertiary/aromatic N) is 6. The summed E-state index contributed by atoms with van der Waals surface area (Å²) in [6.45, 7) is 1.69. The fourth-order valence-corrected chi connectivity index (χ4v) is 3.36. The fraction of sp³-hybridized carbons (Fsp3) is 0.200. The van der Waals surface area contributed by atoms with Gasteiger partial charge >= 0.3 is 6.18 Å². The fourth-order valence-electron chi connectivity index (χ4n) is 3.36. The number of aryl methyl sites for hydroxylation is 1. The van der Waals surface area contributed by atoms with Crippen LogP contribution in [0.3, 0.4) is 0 Å². The molecular weight excluding hydrogens is 441 g/mol. The molecule has 13 heteroatoms. The number of hydrogen-bond donors (Lipinski definition) is 2. The molecule has 0 bridgehead atoms. The Morgan fingerprint density at radius 2 is 2.03 bits per heavy atom. The van der Waals surface area contributed by atoms with Crippen molar-refractivity contribution in [3.63, 3.8) is 0 Å². The SMILES string of the molecule is C[C@@H](NC(=O)c1ncnc2c1ncn2C)c1cc(-c2nc3ccc(C(F)(F)F)cc3[nH]2)no1. The molecule has 0 aliphatic rings. The van der Waals surface area contributed by atoms with Crippen LogP contribution in [0.5, 0.6) is 0 Å². The Morgan fingerprint density at radius 1 is 1.21 bits per heavy atom. The van der Waals surface area contributed by atoms with E-state index in [1.807, 2.05) is 0 Å². The van der Waals surface area contributed by atoms with Crippen LogP contribution in [0.25, 0.3) is 33.7 Å². The zero-order valence-electron chi connectivity index (χ0n) is 17.2. The van der Waals surface area contributed by atoms with E-state index in [2.05, 4.69) is 35.4 Å². The van der Waals surface area contributed by atoms with Crippen molar-refractivity contribution in [3.05, 3.63) is 53.9 Å². The minimum atomic E-state index is -4.46. The lowest BCUT2D eigenvalue weighted by atomic mass is 10.2. The van der Waals surface area contributed by atoms with Crippen LogP contribution in [0.2, 0.25) is 0 Å². The van der Waals surface area contributed by atoms with Gasteiger partial charge in [0, 0.05) is 13.1 Å². The summed E-state index contributed by atoms with van der Waals surface area (Å²) in [6, 6.07) is 4.18. The first kappa shape index (κ1) is 20.6. The Labute approximate surface area is 182 Å². The first-order valence-electron chi connectivity index (χ1n) is 9.67. The summed E-state index contributed by atoms with van der Waals surface area (Å²) >= 11 is 0. The third kappa shape index (κ3) is 3.66. The third-order valence-corrected chi connectivity index (χ3v) is 5.07. The van der Waals surface area contributed by atoms with Crippen molar-refractivity contribution in [1.82, 2.24) is 40.0 Å². The number of amides is 1. The quantitative estimate of drug-likeness (QED) is 0.424. The molecule has 4 aromatic heterocycles. The van der Waals surface area contributed by atoms with Crippen molar-refractivity contribution in [2.24, 2.45) is 7.05 Å². The molecule has 0 unspecified atom stereocenters. The molecule has 4 heterocycles. The van der Waals surface area contributed by atoms with Gasteiger partial charge < -0.3 is 19.4 Å². The average molecular weight is 456 g/mol. The lowest BCUT2D eigenvalue weighted by Gasteiger charge is -2.10. The zero-order chi connectivity index (χ0) is 23.3. The second-order valence-corrected chi connectivity index (χ2v) is 7.37. The number of fused-ring (bicyclic) bond motifs is 2. The van der Waals surface area contributed by atoms with Crippen LogP contribution in [0.4, 0.5) is 13.2 Å². The van der Waals surface area contributed by atoms with E-state index in [0.717, 1.165) is 12.1 Å². The van der Waals surface area contributed by atoms with Gasteiger partial charge in [-0.25, -0.2) is 19.9 Å². The van der Waals surface area contributed by atoms with E-state index in [4.69, 9.17) is 4.52 Å². The Morgan fingerprint density at radius 3 is 2.82 bits per heavy atom. The van der Waals surface area contributed by atoms with Crippen molar-refractivity contribution < 1.29 is 22.5 Å². The van der Waals surface area contributed by atoms with Crippen LogP contribution in [-0.4, -0.2) is 40.6 Å². The maximum atomic E-state index is 12.9. The monoisotopic (exact) mass is 456 g/mol. The lowest BCUT2D eigenvalue weighted by molar-refractivity contribution is -0.137. The number of hydrogen-bond acceptors (Lipinski definition) is 7. The van der Waals surface area contributed by atoms with E-state index >= 15 is 0 Å². The Balaban J connectivity index is 1.37. The molecular formula is C20H15F3N8O2. The van der Waals surface area contributed by atoms with Gasteiger partial charge in [-0.2, -0.15) is 13.2 Å². The molecule has 0 saturated carbocycles. The van der Waals surface area contributed by atoms with E-state index in [1.165, 1.54) is 18.7 Å². The predicted molar refractivity (Wildman–Crippen MR) is 109 cm³/mol. The molecule has 0 aliphatic carbocycles. The molecule has 168 valence electrons. The van der Waals surface area contributed by atoms with Crippen LogP contribution in [0.1, 0.15) is 34.8 Å². The third-order valence-electron chi connectivity index (χ3n) is 5.07. The number of aromatic nitrogens is 7. The highest BCUT2D eigenvalue weighted by molar-refractivity contribution is 6.02. The minimum absolute atomic E-state index is 0.116. The van der Waals surface area contributed by atoms with Gasteiger partial charge in [0.05, 0.1) is 29.0 Å². The van der Waals surface area contributed by atoms with Gasteiger partial charge in [-0.1, -0.05) is 5.16 Å². The summed E-state index contributed by atoms with van der Waals surface area (Å²) in [5.41, 5.74) is 1.07. The van der Waals surface area contributed by atoms with Crippen molar-refractivity contribution in [2.45, 2.75) is 19.1 Å². The molecule has 0 spiro atoms. The molecule has 5 aromatic rings. The molecule has 10 nitrogen and oxygen atoms in total. The number of halogens is 3. The topological polar surface area (TPSA) is 127 Å². The van der Waals surface area contributed by atoms with E-state index in [9.17, 15) is 18.0 Å². The maximum Gasteiger partial charge on any atom is 0.416 e. The molecule has 1 amide bonds. The number of imidazole rings is 2. The van der Waals surface area contributed by atoms with Gasteiger partial charge in [0.25, 0.3) is 5.91 Å². The van der Waals surface area contributed by atoms with Crippen LogP contribution in [0, 0.1) is 0 Å². The standard InChI is InChI=1S/C20H15F3N8O2/c1-9(27-19(32)16-15-18(25-7-24-16)31(2)8-26-15)14-6-13(30-33-14)17-28-11-4-3-10(20(21,22)23)5-12(11)29-17/h3-9H,1-2H3,(H,27,32)(H,28,29)/t9-/m1/s1. The van der Waals surface area contributed by atoms with E-state index in [0.29, 0.717) is 22.4 Å². The Kier molecular flexibility index (Phi) is 4.62. The van der Waals surface area contributed by atoms with E-state index < -0.39 is 23.7 Å². The normalized spacial score (nSPS) is 13.0. The molecule has 0 aliphatic heterocycles. The molecule has 0 saturated heterocycles. The largest absolute Gasteiger partial charge is 0.416 e. The van der Waals surface area contributed by atoms with Gasteiger partial charge in [-0.05, 0) is 25.1 Å². The highest BCUT2D eigenvalue weighted by atomic mass is 19.4. The first-order chi connectivity index (χ1) is 15.7. The summed E-state index contributed by atoms with van der Waals surface area (Å²) in [7, 11) is 1.75. The minimum Gasteiger partial charge on any atom is -0.358 e. The maximum absolute atomic E-state index is 12.9. The van der Waals surface area contributed by atoms with Crippen molar-refractivity contribution >= 4 is 28.1 Å². The Bertz CT molecular complexity index is 1500. The predicted octanol–water partition coefficient (Wildman–Crippen LogP) is 3.40. The summed E-state index contributed by atoms with van der Waals surface area (Å²) in [6.07, 6.45) is -1.64. The van der Waals surface area contributed by atoms with Crippen molar-refractivity contribution in [3.8, 4) is 11.5 Å². The number of carbonyl (C=O) groups is 1. The van der Waals surface area contributed by atoms with Crippen LogP contribution >= 0.6 is 0 Å². The lowest BCUT2D eigenvalue weighted by Crippen LogP contribution is -2.27. The number of benzene rings is 1. The number of rotatable bonds is 4. The molecule has 5 rings (SSSR count). The molecule has 1 atom stereocenters. The molecule has 2 N–H and O–H groups in total. The number of H-pyrrole nitrogens is 1. The highest BCUT2D eigenvalue weighted by Gasteiger charge is 2.31. The summed E-state index contributed by atoms with van der Waals surface area (Å²) in [5, 5.41) is 6.69. The van der Waals surface area contributed by atoms with Crippen molar-refractivity contribution in [1.29, 1.82) is 0 Å². The van der Waals surface area contributed by atoms with Crippen LogP contribution < -0.4 is 5.32 Å². The van der Waals surface area contributed by atoms with Crippen LogP contribution in [-0.2, 0) is 13.2 Å². The Hall–Kier alpha value is -4.29. The second kappa shape index (κ2) is 7.39. The smallest absolute Gasteiger partial charge is 0.358 e. The first-order valence-corrected chi connectivity index (χ1v) is 9.67. The molecule has 0 radical (unpaired) electrons. The van der Waals surface area contributed by atoms with Gasteiger partial charge in [-0.15, -0.1) is 0 Å². The van der Waals surface area contributed by atoms with Crippen molar-refractivity contribution in [2.75, 3.05) is 0 Å². The van der Waals surface area contributed by atoms with Gasteiger partial charge in [0.15, 0.2) is 22.9 Å². The number of carbonyl (C=O) groups excluding carboxylic acids is 1. The van der Waals surface area contributed by atoms with Gasteiger partial charge in [0.1, 0.15) is 17.5 Å². The van der Waals surface area contributed by atoms with E-state index in [-0.39, 0.29) is 22.7 Å². The average Bonchev–Trinajstić information content (AvgIpc) is 3.50. The molecule has 33 heavy (non-hydrogen) atoms. The highest BCUT2D eigenvalue weighted by Crippen LogP contribution is 2.32. The second-order valence-electron chi connectivity index (χ2n) is 7.37. The number of aromatic amines is 1. The van der Waals surface area contributed by atoms with Crippen LogP contribution in [0.15, 0.2) is 41.4 Å².